The summed E-state index contributed by atoms with van der Waals surface area (Å²) in [7, 11) is 0. The number of hydrogen-bond acceptors (Lipinski definition) is 3. The monoisotopic (exact) mass is 293 g/mol. The highest BCUT2D eigenvalue weighted by Crippen LogP contribution is 2.25. The predicted octanol–water partition coefficient (Wildman–Crippen LogP) is 2.08. The Bertz CT molecular complexity index is 523. The van der Waals surface area contributed by atoms with E-state index in [9.17, 15) is 9.59 Å². The Hall–Kier alpha value is -1.85. The minimum atomic E-state index is -0.734. The van der Waals surface area contributed by atoms with Crippen molar-refractivity contribution >= 4 is 11.9 Å². The lowest BCUT2D eigenvalue weighted by Gasteiger charge is -2.26. The van der Waals surface area contributed by atoms with Crippen LogP contribution in [0.4, 0.5) is 0 Å². The molecule has 0 spiro atoms. The van der Waals surface area contributed by atoms with E-state index in [-0.39, 0.29) is 23.3 Å². The van der Waals surface area contributed by atoms with Gasteiger partial charge in [0, 0.05) is 17.2 Å². The minimum Gasteiger partial charge on any atom is -0.481 e. The number of amides is 1. The molecule has 0 aliphatic heterocycles. The average Bonchev–Trinajstić information content (AvgIpc) is 2.88. The standard InChI is InChI=1S/C15H23N3O3/c1-15(2,3)12-8-11(17-18-12)13(19)16-10-6-4-9(5-7-10)14(20)21/h8-10H,4-7H2,1-3H3,(H,16,19)(H,17,18)(H,20,21). The van der Waals surface area contributed by atoms with Gasteiger partial charge in [-0.05, 0) is 31.7 Å². The van der Waals surface area contributed by atoms with Crippen molar-refractivity contribution in [3.8, 4) is 0 Å². The van der Waals surface area contributed by atoms with E-state index < -0.39 is 5.97 Å². The van der Waals surface area contributed by atoms with Crippen molar-refractivity contribution in [3.63, 3.8) is 0 Å². The van der Waals surface area contributed by atoms with Gasteiger partial charge in [0.1, 0.15) is 5.69 Å². The highest BCUT2D eigenvalue weighted by atomic mass is 16.4. The summed E-state index contributed by atoms with van der Waals surface area (Å²) in [6, 6.07) is 1.82. The Kier molecular flexibility index (Phi) is 4.34. The third-order valence-corrected chi connectivity index (χ3v) is 4.03. The van der Waals surface area contributed by atoms with Gasteiger partial charge in [0.15, 0.2) is 0 Å². The molecule has 21 heavy (non-hydrogen) atoms. The van der Waals surface area contributed by atoms with Crippen LogP contribution in [0, 0.1) is 5.92 Å². The van der Waals surface area contributed by atoms with Crippen molar-refractivity contribution in [3.05, 3.63) is 17.5 Å². The largest absolute Gasteiger partial charge is 0.481 e. The summed E-state index contributed by atoms with van der Waals surface area (Å²) in [5.41, 5.74) is 1.23. The molecule has 1 aliphatic rings. The Labute approximate surface area is 124 Å². The highest BCUT2D eigenvalue weighted by Gasteiger charge is 2.27. The topological polar surface area (TPSA) is 95.1 Å². The zero-order valence-electron chi connectivity index (χ0n) is 12.8. The van der Waals surface area contributed by atoms with Gasteiger partial charge in [-0.1, -0.05) is 20.8 Å². The molecule has 116 valence electrons. The second-order valence-electron chi connectivity index (χ2n) is 6.78. The first-order valence-electron chi connectivity index (χ1n) is 7.37. The summed E-state index contributed by atoms with van der Waals surface area (Å²) in [6.07, 6.45) is 2.65. The van der Waals surface area contributed by atoms with Gasteiger partial charge < -0.3 is 10.4 Å². The number of nitrogens with zero attached hydrogens (tertiary/aromatic N) is 1. The highest BCUT2D eigenvalue weighted by molar-refractivity contribution is 5.92. The molecule has 6 nitrogen and oxygen atoms in total. The zero-order chi connectivity index (χ0) is 15.6. The summed E-state index contributed by atoms with van der Waals surface area (Å²) in [4.78, 5) is 23.1. The SMILES string of the molecule is CC(C)(C)c1cc(C(=O)NC2CCC(C(=O)O)CC2)n[nH]1. The molecular weight excluding hydrogens is 270 g/mol. The van der Waals surface area contributed by atoms with Gasteiger partial charge in [0.2, 0.25) is 0 Å². The predicted molar refractivity (Wildman–Crippen MR) is 78.1 cm³/mol. The Morgan fingerprint density at radius 1 is 1.29 bits per heavy atom. The minimum absolute atomic E-state index is 0.0443. The summed E-state index contributed by atoms with van der Waals surface area (Å²) in [5, 5.41) is 18.9. The maximum atomic E-state index is 12.2. The molecule has 1 amide bonds. The number of carbonyl (C=O) groups excluding carboxylic acids is 1. The third kappa shape index (κ3) is 3.83. The third-order valence-electron chi connectivity index (χ3n) is 4.03. The van der Waals surface area contributed by atoms with Gasteiger partial charge >= 0.3 is 5.97 Å². The first-order valence-corrected chi connectivity index (χ1v) is 7.37. The number of hydrogen-bond donors (Lipinski definition) is 3. The van der Waals surface area contributed by atoms with E-state index in [1.54, 1.807) is 6.07 Å². The van der Waals surface area contributed by atoms with Gasteiger partial charge in [-0.15, -0.1) is 0 Å². The van der Waals surface area contributed by atoms with Crippen LogP contribution >= 0.6 is 0 Å². The molecule has 6 heteroatoms. The molecular formula is C15H23N3O3. The molecule has 0 aromatic carbocycles. The van der Waals surface area contributed by atoms with Crippen LogP contribution in [-0.4, -0.2) is 33.2 Å². The fraction of sp³-hybridized carbons (Fsp3) is 0.667. The van der Waals surface area contributed by atoms with E-state index in [0.29, 0.717) is 31.4 Å². The van der Waals surface area contributed by atoms with Crippen molar-refractivity contribution in [1.29, 1.82) is 0 Å². The number of H-pyrrole nitrogens is 1. The molecule has 2 rings (SSSR count). The van der Waals surface area contributed by atoms with E-state index in [2.05, 4.69) is 36.3 Å². The number of carboxylic acids is 1. The van der Waals surface area contributed by atoms with E-state index in [4.69, 9.17) is 5.11 Å². The van der Waals surface area contributed by atoms with Crippen molar-refractivity contribution in [1.82, 2.24) is 15.5 Å². The fourth-order valence-corrected chi connectivity index (χ4v) is 2.57. The summed E-state index contributed by atoms with van der Waals surface area (Å²) < 4.78 is 0. The quantitative estimate of drug-likeness (QED) is 0.795. The molecule has 0 saturated heterocycles. The number of rotatable bonds is 3. The molecule has 0 unspecified atom stereocenters. The van der Waals surface area contributed by atoms with E-state index in [0.717, 1.165) is 5.69 Å². The maximum absolute atomic E-state index is 12.2. The number of aromatic amines is 1. The molecule has 1 heterocycles. The summed E-state index contributed by atoms with van der Waals surface area (Å²) in [6.45, 7) is 6.15. The smallest absolute Gasteiger partial charge is 0.306 e. The van der Waals surface area contributed by atoms with Crippen LogP contribution in [0.25, 0.3) is 0 Å². The second kappa shape index (κ2) is 5.87. The van der Waals surface area contributed by atoms with E-state index in [1.807, 2.05) is 0 Å². The Balaban J connectivity index is 1.91. The second-order valence-corrected chi connectivity index (χ2v) is 6.78. The molecule has 1 aliphatic carbocycles. The van der Waals surface area contributed by atoms with Crippen molar-refractivity contribution in [2.75, 3.05) is 0 Å². The van der Waals surface area contributed by atoms with Crippen LogP contribution in [-0.2, 0) is 10.2 Å². The number of aromatic nitrogens is 2. The first-order chi connectivity index (χ1) is 9.77. The van der Waals surface area contributed by atoms with Crippen LogP contribution in [0.3, 0.4) is 0 Å². The van der Waals surface area contributed by atoms with Gasteiger partial charge in [-0.2, -0.15) is 5.10 Å². The molecule has 3 N–H and O–H groups in total. The van der Waals surface area contributed by atoms with Crippen LogP contribution in [0.1, 0.15) is 62.6 Å². The number of carboxylic acid groups (broad SMARTS) is 1. The van der Waals surface area contributed by atoms with Crippen LogP contribution in [0.15, 0.2) is 6.07 Å². The van der Waals surface area contributed by atoms with Crippen LogP contribution < -0.4 is 5.32 Å². The summed E-state index contributed by atoms with van der Waals surface area (Å²) >= 11 is 0. The lowest BCUT2D eigenvalue weighted by atomic mass is 9.86. The molecule has 1 fully saturated rings. The van der Waals surface area contributed by atoms with Gasteiger partial charge in [-0.3, -0.25) is 14.7 Å². The first kappa shape index (κ1) is 15.5. The molecule has 0 bridgehead atoms. The average molecular weight is 293 g/mol. The lowest BCUT2D eigenvalue weighted by molar-refractivity contribution is -0.142. The van der Waals surface area contributed by atoms with Crippen LogP contribution in [0.2, 0.25) is 0 Å². The Morgan fingerprint density at radius 3 is 2.38 bits per heavy atom. The van der Waals surface area contributed by atoms with Crippen molar-refractivity contribution < 1.29 is 14.7 Å². The van der Waals surface area contributed by atoms with Gasteiger partial charge in [0.05, 0.1) is 5.92 Å². The molecule has 0 atom stereocenters. The Morgan fingerprint density at radius 2 is 1.90 bits per heavy atom. The molecule has 1 saturated carbocycles. The molecule has 1 aromatic rings. The molecule has 0 radical (unpaired) electrons. The van der Waals surface area contributed by atoms with Crippen molar-refractivity contribution in [2.45, 2.75) is 57.9 Å². The van der Waals surface area contributed by atoms with E-state index in [1.165, 1.54) is 0 Å². The number of nitrogens with one attached hydrogen (secondary N) is 2. The normalized spacial score (nSPS) is 22.8. The lowest BCUT2D eigenvalue weighted by Crippen LogP contribution is -2.38. The van der Waals surface area contributed by atoms with Gasteiger partial charge in [-0.25, -0.2) is 0 Å². The maximum Gasteiger partial charge on any atom is 0.306 e. The van der Waals surface area contributed by atoms with Crippen molar-refractivity contribution in [2.24, 2.45) is 5.92 Å². The van der Waals surface area contributed by atoms with E-state index >= 15 is 0 Å². The fourth-order valence-electron chi connectivity index (χ4n) is 2.57. The summed E-state index contributed by atoms with van der Waals surface area (Å²) in [5.74, 6) is -1.20. The number of aliphatic carboxylic acids is 1. The number of carbonyl (C=O) groups is 2. The van der Waals surface area contributed by atoms with Crippen LogP contribution in [0.5, 0.6) is 0 Å². The zero-order valence-corrected chi connectivity index (χ0v) is 12.8. The molecule has 1 aromatic heterocycles. The van der Waals surface area contributed by atoms with Gasteiger partial charge in [0.25, 0.3) is 5.91 Å².